The first-order valence-corrected chi connectivity index (χ1v) is 10.6. The monoisotopic (exact) mass is 435 g/mol. The fourth-order valence-corrected chi connectivity index (χ4v) is 5.03. The molecule has 0 atom stereocenters. The lowest BCUT2D eigenvalue weighted by Crippen LogP contribution is -2.21. The second-order valence-corrected chi connectivity index (χ2v) is 8.66. The Labute approximate surface area is 176 Å². The first-order chi connectivity index (χ1) is 14.9. The minimum atomic E-state index is -3.95. The van der Waals surface area contributed by atoms with Crippen LogP contribution in [0.1, 0.15) is 32.0 Å². The van der Waals surface area contributed by atoms with Crippen LogP contribution in [0.2, 0.25) is 0 Å². The maximum Gasteiger partial charge on any atom is 0.338 e. The SMILES string of the molecule is O=C(OCc1cc(-c2ccco2)on1)c1ccc2c(c1)S(=O)(=O)c1ccccc1C2=O. The van der Waals surface area contributed by atoms with Crippen LogP contribution in [-0.4, -0.2) is 25.3 Å². The summed E-state index contributed by atoms with van der Waals surface area (Å²) in [7, 11) is -3.95. The number of hydrogen-bond donors (Lipinski definition) is 0. The fourth-order valence-electron chi connectivity index (χ4n) is 3.35. The highest BCUT2D eigenvalue weighted by Gasteiger charge is 2.35. The summed E-state index contributed by atoms with van der Waals surface area (Å²) in [6.45, 7) is -0.186. The molecule has 31 heavy (non-hydrogen) atoms. The molecule has 2 aromatic heterocycles. The molecule has 1 aliphatic heterocycles. The number of benzene rings is 2. The lowest BCUT2D eigenvalue weighted by molar-refractivity contribution is 0.0463. The van der Waals surface area contributed by atoms with Gasteiger partial charge in [0.15, 0.2) is 11.5 Å². The number of ether oxygens (including phenoxy) is 1. The molecule has 5 rings (SSSR count). The Morgan fingerprint density at radius 1 is 0.935 bits per heavy atom. The molecule has 8 nitrogen and oxygen atoms in total. The van der Waals surface area contributed by atoms with Gasteiger partial charge in [0.1, 0.15) is 12.3 Å². The molecule has 4 aromatic rings. The summed E-state index contributed by atoms with van der Waals surface area (Å²) >= 11 is 0. The van der Waals surface area contributed by atoms with Crippen molar-refractivity contribution in [3.05, 3.63) is 89.3 Å². The fraction of sp³-hybridized carbons (Fsp3) is 0.0455. The van der Waals surface area contributed by atoms with E-state index in [1.54, 1.807) is 30.3 Å². The van der Waals surface area contributed by atoms with Crippen molar-refractivity contribution in [2.75, 3.05) is 0 Å². The van der Waals surface area contributed by atoms with Crippen molar-refractivity contribution >= 4 is 21.6 Å². The topological polar surface area (TPSA) is 117 Å². The third-order valence-electron chi connectivity index (χ3n) is 4.85. The second kappa shape index (κ2) is 7.06. The number of fused-ring (bicyclic) bond motifs is 2. The highest BCUT2D eigenvalue weighted by molar-refractivity contribution is 7.91. The smallest absolute Gasteiger partial charge is 0.338 e. The Kier molecular flexibility index (Phi) is 4.33. The normalized spacial score (nSPS) is 14.0. The van der Waals surface area contributed by atoms with Crippen molar-refractivity contribution in [3.63, 3.8) is 0 Å². The quantitative estimate of drug-likeness (QED) is 0.393. The molecular weight excluding hydrogens is 422 g/mol. The van der Waals surface area contributed by atoms with E-state index in [-0.39, 0.29) is 33.1 Å². The van der Waals surface area contributed by atoms with E-state index in [9.17, 15) is 18.0 Å². The Hall–Kier alpha value is -3.98. The average Bonchev–Trinajstić information content (AvgIpc) is 3.48. The van der Waals surface area contributed by atoms with Crippen LogP contribution in [0, 0.1) is 0 Å². The molecule has 0 N–H and O–H groups in total. The Morgan fingerprint density at radius 2 is 1.74 bits per heavy atom. The number of hydrogen-bond acceptors (Lipinski definition) is 8. The third kappa shape index (κ3) is 3.15. The van der Waals surface area contributed by atoms with Crippen molar-refractivity contribution in [1.29, 1.82) is 0 Å². The Morgan fingerprint density at radius 3 is 2.55 bits per heavy atom. The van der Waals surface area contributed by atoms with Gasteiger partial charge in [-0.1, -0.05) is 17.3 Å². The molecule has 0 radical (unpaired) electrons. The van der Waals surface area contributed by atoms with Crippen LogP contribution >= 0.6 is 0 Å². The van der Waals surface area contributed by atoms with Crippen LogP contribution in [0.15, 0.2) is 85.7 Å². The van der Waals surface area contributed by atoms with Gasteiger partial charge < -0.3 is 13.7 Å². The van der Waals surface area contributed by atoms with Gasteiger partial charge in [-0.3, -0.25) is 4.79 Å². The van der Waals surface area contributed by atoms with Crippen molar-refractivity contribution < 1.29 is 31.7 Å². The van der Waals surface area contributed by atoms with Gasteiger partial charge in [0.05, 0.1) is 21.6 Å². The molecule has 154 valence electrons. The zero-order valence-corrected chi connectivity index (χ0v) is 16.6. The molecule has 0 fully saturated rings. The molecule has 0 saturated carbocycles. The molecule has 0 aliphatic carbocycles. The summed E-state index contributed by atoms with van der Waals surface area (Å²) in [4.78, 5) is 24.9. The average molecular weight is 435 g/mol. The van der Waals surface area contributed by atoms with Crippen LogP contribution in [0.4, 0.5) is 0 Å². The van der Waals surface area contributed by atoms with E-state index in [4.69, 9.17) is 13.7 Å². The summed E-state index contributed by atoms with van der Waals surface area (Å²) in [6, 6.07) is 14.8. The largest absolute Gasteiger partial charge is 0.461 e. The standard InChI is InChI=1S/C22H13NO7S/c24-21-15-4-1-2-6-19(15)31(26,27)20-10-13(7-8-16(20)21)22(25)29-12-14-11-18(30-23-14)17-5-3-9-28-17/h1-11H,12H2. The second-order valence-electron chi connectivity index (χ2n) is 6.78. The molecule has 0 unspecified atom stereocenters. The lowest BCUT2D eigenvalue weighted by atomic mass is 10.0. The zero-order valence-electron chi connectivity index (χ0n) is 15.8. The van der Waals surface area contributed by atoms with Gasteiger partial charge in [-0.2, -0.15) is 0 Å². The number of carbonyl (C=O) groups excluding carboxylic acids is 2. The van der Waals surface area contributed by atoms with Crippen molar-refractivity contribution in [2.45, 2.75) is 16.4 Å². The molecule has 2 aromatic carbocycles. The summed E-state index contributed by atoms with van der Waals surface area (Å²) in [6.07, 6.45) is 1.49. The molecule has 0 amide bonds. The summed E-state index contributed by atoms with van der Waals surface area (Å²) in [5.74, 6) is -0.303. The van der Waals surface area contributed by atoms with E-state index < -0.39 is 21.6 Å². The highest BCUT2D eigenvalue weighted by Crippen LogP contribution is 2.35. The summed E-state index contributed by atoms with van der Waals surface area (Å²) in [5, 5.41) is 3.81. The third-order valence-corrected chi connectivity index (χ3v) is 6.70. The summed E-state index contributed by atoms with van der Waals surface area (Å²) < 4.78 is 41.5. The van der Waals surface area contributed by atoms with Gasteiger partial charge >= 0.3 is 5.97 Å². The van der Waals surface area contributed by atoms with E-state index in [1.165, 1.54) is 30.5 Å². The van der Waals surface area contributed by atoms with E-state index in [0.717, 1.165) is 6.07 Å². The molecule has 0 bridgehead atoms. The lowest BCUT2D eigenvalue weighted by Gasteiger charge is -2.19. The van der Waals surface area contributed by atoms with Gasteiger partial charge in [-0.15, -0.1) is 0 Å². The number of sulfone groups is 1. The van der Waals surface area contributed by atoms with Gasteiger partial charge in [0, 0.05) is 17.2 Å². The molecule has 0 saturated heterocycles. The van der Waals surface area contributed by atoms with Crippen LogP contribution in [0.3, 0.4) is 0 Å². The van der Waals surface area contributed by atoms with Crippen LogP contribution in [-0.2, 0) is 21.2 Å². The predicted octanol–water partition coefficient (Wildman–Crippen LogP) is 3.67. The van der Waals surface area contributed by atoms with Gasteiger partial charge in [0.2, 0.25) is 15.6 Å². The van der Waals surface area contributed by atoms with Gasteiger partial charge in [-0.05, 0) is 42.5 Å². The van der Waals surface area contributed by atoms with E-state index in [0.29, 0.717) is 17.2 Å². The van der Waals surface area contributed by atoms with Crippen LogP contribution < -0.4 is 0 Å². The number of nitrogens with zero attached hydrogens (tertiary/aromatic N) is 1. The number of rotatable bonds is 4. The van der Waals surface area contributed by atoms with Gasteiger partial charge in [-0.25, -0.2) is 13.2 Å². The number of furan rings is 1. The first-order valence-electron chi connectivity index (χ1n) is 9.14. The minimum Gasteiger partial charge on any atom is -0.461 e. The van der Waals surface area contributed by atoms with E-state index >= 15 is 0 Å². The summed E-state index contributed by atoms with van der Waals surface area (Å²) in [5.41, 5.74) is 0.497. The molecular formula is C22H13NO7S. The van der Waals surface area contributed by atoms with Crippen LogP contribution in [0.25, 0.3) is 11.5 Å². The zero-order chi connectivity index (χ0) is 21.6. The minimum absolute atomic E-state index is 0.00394. The Bertz CT molecular complexity index is 1430. The number of aromatic nitrogens is 1. The number of esters is 1. The predicted molar refractivity (Wildman–Crippen MR) is 105 cm³/mol. The molecule has 9 heteroatoms. The van der Waals surface area contributed by atoms with Crippen LogP contribution in [0.5, 0.6) is 0 Å². The van der Waals surface area contributed by atoms with E-state index in [2.05, 4.69) is 5.16 Å². The first kappa shape index (κ1) is 19.0. The Balaban J connectivity index is 1.39. The van der Waals surface area contributed by atoms with Crippen molar-refractivity contribution in [1.82, 2.24) is 5.16 Å². The maximum absolute atomic E-state index is 13.0. The number of ketones is 1. The molecule has 1 aliphatic rings. The number of carbonyl (C=O) groups is 2. The maximum atomic E-state index is 13.0. The van der Waals surface area contributed by atoms with Crippen molar-refractivity contribution in [3.8, 4) is 11.5 Å². The highest BCUT2D eigenvalue weighted by atomic mass is 32.2. The van der Waals surface area contributed by atoms with Gasteiger partial charge in [0.25, 0.3) is 0 Å². The van der Waals surface area contributed by atoms with Crippen molar-refractivity contribution in [2.24, 2.45) is 0 Å². The van der Waals surface area contributed by atoms with E-state index in [1.807, 2.05) is 0 Å². The molecule has 3 heterocycles. The molecule has 0 spiro atoms.